The van der Waals surface area contributed by atoms with Gasteiger partial charge in [-0.25, -0.2) is 9.59 Å². The standard InChI is InChI=1S/C15H27NO4/c1-3-5-8-12(13(17)18)16-14(19)20-11-15(4-2)9-6-7-10-15/h12H,3-11H2,1-2H3,(H,16,19)(H,17,18)/t12-/m0/s1. The van der Waals surface area contributed by atoms with E-state index in [1.54, 1.807) is 0 Å². The van der Waals surface area contributed by atoms with Crippen LogP contribution in [-0.2, 0) is 9.53 Å². The zero-order valence-electron chi connectivity index (χ0n) is 12.6. The number of carbonyl (C=O) groups excluding carboxylic acids is 1. The topological polar surface area (TPSA) is 75.6 Å². The van der Waals surface area contributed by atoms with Gasteiger partial charge in [-0.15, -0.1) is 0 Å². The van der Waals surface area contributed by atoms with E-state index in [-0.39, 0.29) is 5.41 Å². The predicted octanol–water partition coefficient (Wildman–Crippen LogP) is 3.33. The zero-order chi connectivity index (χ0) is 15.0. The first kappa shape index (κ1) is 16.8. The molecule has 1 saturated carbocycles. The van der Waals surface area contributed by atoms with Crippen molar-refractivity contribution in [3.8, 4) is 0 Å². The van der Waals surface area contributed by atoms with Gasteiger partial charge >= 0.3 is 12.1 Å². The molecule has 5 heteroatoms. The summed E-state index contributed by atoms with van der Waals surface area (Å²) in [5, 5.41) is 11.5. The highest BCUT2D eigenvalue weighted by molar-refractivity contribution is 5.79. The van der Waals surface area contributed by atoms with Crippen molar-refractivity contribution in [2.75, 3.05) is 6.61 Å². The molecule has 0 aromatic carbocycles. The van der Waals surface area contributed by atoms with Crippen LogP contribution in [0.4, 0.5) is 4.79 Å². The Morgan fingerprint density at radius 1 is 1.30 bits per heavy atom. The minimum Gasteiger partial charge on any atom is -0.480 e. The fraction of sp³-hybridized carbons (Fsp3) is 0.867. The van der Waals surface area contributed by atoms with Gasteiger partial charge in [0, 0.05) is 5.41 Å². The zero-order valence-corrected chi connectivity index (χ0v) is 12.6. The molecule has 0 aromatic rings. The fourth-order valence-corrected chi connectivity index (χ4v) is 2.79. The minimum absolute atomic E-state index is 0.111. The SMILES string of the molecule is CCCC[C@H](NC(=O)OCC1(CC)CCCC1)C(=O)O. The van der Waals surface area contributed by atoms with Crippen LogP contribution in [0.1, 0.15) is 65.2 Å². The number of carboxylic acids is 1. The molecule has 116 valence electrons. The molecule has 1 amide bonds. The highest BCUT2D eigenvalue weighted by Gasteiger charge is 2.33. The first-order valence-corrected chi connectivity index (χ1v) is 7.69. The molecule has 1 atom stereocenters. The first-order chi connectivity index (χ1) is 9.53. The van der Waals surface area contributed by atoms with Gasteiger partial charge in [-0.05, 0) is 25.7 Å². The Balaban J connectivity index is 2.39. The normalized spacial score (nSPS) is 18.5. The van der Waals surface area contributed by atoms with Gasteiger partial charge in [0.25, 0.3) is 0 Å². The Kier molecular flexibility index (Phi) is 6.82. The van der Waals surface area contributed by atoms with Crippen molar-refractivity contribution in [3.05, 3.63) is 0 Å². The van der Waals surface area contributed by atoms with Crippen LogP contribution in [0.2, 0.25) is 0 Å². The van der Waals surface area contributed by atoms with Crippen molar-refractivity contribution < 1.29 is 19.4 Å². The lowest BCUT2D eigenvalue weighted by molar-refractivity contribution is -0.139. The summed E-state index contributed by atoms with van der Waals surface area (Å²) in [5.41, 5.74) is 0.111. The molecule has 5 nitrogen and oxygen atoms in total. The molecule has 0 aromatic heterocycles. The van der Waals surface area contributed by atoms with Crippen molar-refractivity contribution in [2.24, 2.45) is 5.41 Å². The molecule has 0 saturated heterocycles. The van der Waals surface area contributed by atoms with E-state index < -0.39 is 18.1 Å². The number of alkyl carbamates (subject to hydrolysis) is 1. The van der Waals surface area contributed by atoms with Gasteiger partial charge < -0.3 is 15.2 Å². The average molecular weight is 285 g/mol. The molecule has 20 heavy (non-hydrogen) atoms. The summed E-state index contributed by atoms with van der Waals surface area (Å²) >= 11 is 0. The number of nitrogens with one attached hydrogen (secondary N) is 1. The van der Waals surface area contributed by atoms with Gasteiger partial charge in [-0.2, -0.15) is 0 Å². The molecule has 2 N–H and O–H groups in total. The fourth-order valence-electron chi connectivity index (χ4n) is 2.79. The Bertz CT molecular complexity index is 324. The second kappa shape index (κ2) is 8.12. The molecule has 0 bridgehead atoms. The number of rotatable bonds is 8. The molecule has 1 fully saturated rings. The van der Waals surface area contributed by atoms with E-state index in [0.29, 0.717) is 13.0 Å². The number of aliphatic carboxylic acids is 1. The summed E-state index contributed by atoms with van der Waals surface area (Å²) in [4.78, 5) is 22.8. The summed E-state index contributed by atoms with van der Waals surface area (Å²) in [7, 11) is 0. The Morgan fingerprint density at radius 3 is 2.45 bits per heavy atom. The van der Waals surface area contributed by atoms with E-state index in [0.717, 1.165) is 32.1 Å². The van der Waals surface area contributed by atoms with Crippen LogP contribution < -0.4 is 5.32 Å². The van der Waals surface area contributed by atoms with Gasteiger partial charge in [0.2, 0.25) is 0 Å². The first-order valence-electron chi connectivity index (χ1n) is 7.69. The maximum Gasteiger partial charge on any atom is 0.407 e. The third-order valence-corrected chi connectivity index (χ3v) is 4.36. The number of hydrogen-bond acceptors (Lipinski definition) is 3. The van der Waals surface area contributed by atoms with Crippen LogP contribution in [-0.4, -0.2) is 29.8 Å². The summed E-state index contributed by atoms with van der Waals surface area (Å²) in [6, 6.07) is -0.844. The summed E-state index contributed by atoms with van der Waals surface area (Å²) in [6.07, 6.45) is 7.08. The van der Waals surface area contributed by atoms with E-state index in [9.17, 15) is 9.59 Å². The lowest BCUT2D eigenvalue weighted by atomic mass is 9.84. The molecular weight excluding hydrogens is 258 g/mol. The van der Waals surface area contributed by atoms with Gasteiger partial charge in [-0.3, -0.25) is 0 Å². The van der Waals surface area contributed by atoms with E-state index >= 15 is 0 Å². The van der Waals surface area contributed by atoms with Gasteiger partial charge in [0.05, 0.1) is 6.61 Å². The van der Waals surface area contributed by atoms with Crippen molar-refractivity contribution in [1.29, 1.82) is 0 Å². The van der Waals surface area contributed by atoms with Crippen LogP contribution in [0.3, 0.4) is 0 Å². The van der Waals surface area contributed by atoms with Crippen LogP contribution >= 0.6 is 0 Å². The van der Waals surface area contributed by atoms with Gasteiger partial charge in [0.15, 0.2) is 0 Å². The van der Waals surface area contributed by atoms with E-state index in [4.69, 9.17) is 9.84 Å². The van der Waals surface area contributed by atoms with Gasteiger partial charge in [-0.1, -0.05) is 39.5 Å². The van der Waals surface area contributed by atoms with E-state index in [2.05, 4.69) is 12.2 Å². The Hall–Kier alpha value is -1.26. The van der Waals surface area contributed by atoms with Crippen molar-refractivity contribution in [1.82, 2.24) is 5.32 Å². The third-order valence-electron chi connectivity index (χ3n) is 4.36. The predicted molar refractivity (Wildman–Crippen MR) is 76.6 cm³/mol. The molecule has 0 spiro atoms. The second-order valence-corrected chi connectivity index (χ2v) is 5.81. The summed E-state index contributed by atoms with van der Waals surface area (Å²) in [6.45, 7) is 4.51. The Labute approximate surface area is 121 Å². The molecule has 0 heterocycles. The van der Waals surface area contributed by atoms with Crippen LogP contribution in [0.5, 0.6) is 0 Å². The molecule has 1 rings (SSSR count). The number of amides is 1. The summed E-state index contributed by atoms with van der Waals surface area (Å²) in [5.74, 6) is -0.999. The third kappa shape index (κ3) is 5.02. The number of ether oxygens (including phenoxy) is 1. The highest BCUT2D eigenvalue weighted by atomic mass is 16.5. The molecule has 0 radical (unpaired) electrons. The molecule has 1 aliphatic rings. The second-order valence-electron chi connectivity index (χ2n) is 5.81. The number of hydrogen-bond donors (Lipinski definition) is 2. The van der Waals surface area contributed by atoms with Crippen LogP contribution in [0.15, 0.2) is 0 Å². The molecule has 0 aliphatic heterocycles. The largest absolute Gasteiger partial charge is 0.480 e. The maximum atomic E-state index is 11.7. The lowest BCUT2D eigenvalue weighted by Crippen LogP contribution is -2.42. The lowest BCUT2D eigenvalue weighted by Gasteiger charge is -2.27. The van der Waals surface area contributed by atoms with Gasteiger partial charge in [0.1, 0.15) is 6.04 Å². The monoisotopic (exact) mass is 285 g/mol. The number of carbonyl (C=O) groups is 2. The minimum atomic E-state index is -0.999. The van der Waals surface area contributed by atoms with Crippen molar-refractivity contribution >= 4 is 12.1 Å². The number of unbranched alkanes of at least 4 members (excludes halogenated alkanes) is 1. The smallest absolute Gasteiger partial charge is 0.407 e. The molecule has 1 aliphatic carbocycles. The number of carboxylic acid groups (broad SMARTS) is 1. The molecular formula is C15H27NO4. The van der Waals surface area contributed by atoms with E-state index in [1.807, 2.05) is 6.92 Å². The van der Waals surface area contributed by atoms with Crippen LogP contribution in [0, 0.1) is 5.41 Å². The maximum absolute atomic E-state index is 11.7. The van der Waals surface area contributed by atoms with Crippen LogP contribution in [0.25, 0.3) is 0 Å². The van der Waals surface area contributed by atoms with Crippen molar-refractivity contribution in [3.63, 3.8) is 0 Å². The average Bonchev–Trinajstić information content (AvgIpc) is 2.90. The quantitative estimate of drug-likeness (QED) is 0.717. The molecule has 0 unspecified atom stereocenters. The summed E-state index contributed by atoms with van der Waals surface area (Å²) < 4.78 is 5.27. The van der Waals surface area contributed by atoms with E-state index in [1.165, 1.54) is 12.8 Å². The highest BCUT2D eigenvalue weighted by Crippen LogP contribution is 2.41. The Morgan fingerprint density at radius 2 is 1.95 bits per heavy atom. The van der Waals surface area contributed by atoms with Crippen molar-refractivity contribution in [2.45, 2.75) is 71.3 Å².